The van der Waals surface area contributed by atoms with Crippen molar-refractivity contribution in [3.8, 4) is 0 Å². The number of pyridine rings is 1. The van der Waals surface area contributed by atoms with E-state index in [2.05, 4.69) is 4.74 Å². The van der Waals surface area contributed by atoms with E-state index in [1.54, 1.807) is 0 Å². The van der Waals surface area contributed by atoms with E-state index in [4.69, 9.17) is 17.3 Å². The SMILES string of the molecule is CC(OC(=O)Cn1cc(C(F)(F)F)cc(Cl)c1=O)C(N)=O. The minimum atomic E-state index is -4.73. The van der Waals surface area contributed by atoms with E-state index in [9.17, 15) is 27.6 Å². The Hall–Kier alpha value is -2.03. The summed E-state index contributed by atoms with van der Waals surface area (Å²) in [6, 6.07) is 0.456. The van der Waals surface area contributed by atoms with Crippen molar-refractivity contribution in [2.75, 3.05) is 0 Å². The highest BCUT2D eigenvalue weighted by molar-refractivity contribution is 6.30. The third-order valence-electron chi connectivity index (χ3n) is 2.38. The monoisotopic (exact) mass is 326 g/mol. The lowest BCUT2D eigenvalue weighted by Crippen LogP contribution is -2.33. The van der Waals surface area contributed by atoms with Crippen LogP contribution in [0.5, 0.6) is 0 Å². The number of primary amides is 1. The molecule has 0 aliphatic rings. The van der Waals surface area contributed by atoms with E-state index in [-0.39, 0.29) is 0 Å². The lowest BCUT2D eigenvalue weighted by molar-refractivity contribution is -0.154. The molecule has 21 heavy (non-hydrogen) atoms. The van der Waals surface area contributed by atoms with Crippen LogP contribution in [0.2, 0.25) is 5.02 Å². The van der Waals surface area contributed by atoms with Gasteiger partial charge in [-0.1, -0.05) is 11.6 Å². The molecule has 0 bridgehead atoms. The average Bonchev–Trinajstić information content (AvgIpc) is 2.33. The molecule has 1 amide bonds. The van der Waals surface area contributed by atoms with Crippen molar-refractivity contribution >= 4 is 23.5 Å². The Bertz CT molecular complexity index is 627. The van der Waals surface area contributed by atoms with Gasteiger partial charge in [0.1, 0.15) is 11.6 Å². The Morgan fingerprint density at radius 1 is 1.48 bits per heavy atom. The molecule has 0 spiro atoms. The largest absolute Gasteiger partial charge is 0.451 e. The van der Waals surface area contributed by atoms with Crippen molar-refractivity contribution in [2.45, 2.75) is 25.7 Å². The molecule has 0 aliphatic carbocycles. The fraction of sp³-hybridized carbons (Fsp3) is 0.364. The first kappa shape index (κ1) is 17.0. The maximum absolute atomic E-state index is 12.6. The second-order valence-electron chi connectivity index (χ2n) is 4.04. The van der Waals surface area contributed by atoms with Crippen LogP contribution < -0.4 is 11.3 Å². The molecule has 2 N–H and O–H groups in total. The molecule has 1 heterocycles. The van der Waals surface area contributed by atoms with Crippen molar-refractivity contribution < 1.29 is 27.5 Å². The number of esters is 1. The number of carbonyl (C=O) groups excluding carboxylic acids is 2. The topological polar surface area (TPSA) is 91.4 Å². The standard InChI is InChI=1S/C11H10ClF3N2O4/c1-5(9(16)19)21-8(18)4-17-3-6(11(13,14)15)2-7(12)10(17)20/h2-3,5H,4H2,1H3,(H2,16,19). The Morgan fingerprint density at radius 2 is 2.05 bits per heavy atom. The van der Waals surface area contributed by atoms with E-state index >= 15 is 0 Å². The maximum Gasteiger partial charge on any atom is 0.417 e. The zero-order valence-electron chi connectivity index (χ0n) is 10.6. The number of alkyl halides is 3. The molecule has 10 heteroatoms. The number of nitrogens with zero attached hydrogens (tertiary/aromatic N) is 1. The first-order valence-corrected chi connectivity index (χ1v) is 5.86. The number of hydrogen-bond acceptors (Lipinski definition) is 4. The lowest BCUT2D eigenvalue weighted by atomic mass is 10.2. The highest BCUT2D eigenvalue weighted by Gasteiger charge is 2.32. The van der Waals surface area contributed by atoms with E-state index in [1.165, 1.54) is 6.92 Å². The van der Waals surface area contributed by atoms with Gasteiger partial charge in [0.05, 0.1) is 5.56 Å². The van der Waals surface area contributed by atoms with Crippen molar-refractivity contribution in [1.82, 2.24) is 4.57 Å². The zero-order valence-corrected chi connectivity index (χ0v) is 11.4. The van der Waals surface area contributed by atoms with Crippen LogP contribution >= 0.6 is 11.6 Å². The lowest BCUT2D eigenvalue weighted by Gasteiger charge is -2.13. The molecular weight excluding hydrogens is 317 g/mol. The first-order chi connectivity index (χ1) is 9.52. The third kappa shape index (κ3) is 4.48. The predicted octanol–water partition coefficient (Wildman–Crippen LogP) is 0.938. The summed E-state index contributed by atoms with van der Waals surface area (Å²) in [5.74, 6) is -2.03. The highest BCUT2D eigenvalue weighted by atomic mass is 35.5. The van der Waals surface area contributed by atoms with Gasteiger partial charge in [-0.05, 0) is 13.0 Å². The second kappa shape index (κ2) is 6.17. The van der Waals surface area contributed by atoms with Crippen LogP contribution in [0, 0.1) is 0 Å². The van der Waals surface area contributed by atoms with Crippen molar-refractivity contribution in [1.29, 1.82) is 0 Å². The molecule has 1 aromatic rings. The smallest absolute Gasteiger partial charge is 0.417 e. The molecule has 0 aliphatic heterocycles. The van der Waals surface area contributed by atoms with Gasteiger partial charge in [-0.25, -0.2) is 0 Å². The summed E-state index contributed by atoms with van der Waals surface area (Å²) < 4.78 is 42.7. The van der Waals surface area contributed by atoms with Gasteiger partial charge in [-0.2, -0.15) is 13.2 Å². The minimum Gasteiger partial charge on any atom is -0.451 e. The number of rotatable bonds is 4. The van der Waals surface area contributed by atoms with Gasteiger partial charge >= 0.3 is 12.1 Å². The molecule has 116 valence electrons. The molecule has 1 atom stereocenters. The number of ether oxygens (including phenoxy) is 1. The van der Waals surface area contributed by atoms with Gasteiger partial charge < -0.3 is 15.0 Å². The number of halogens is 4. The molecule has 0 aromatic carbocycles. The maximum atomic E-state index is 12.6. The Morgan fingerprint density at radius 3 is 2.52 bits per heavy atom. The molecule has 0 saturated heterocycles. The zero-order chi connectivity index (χ0) is 16.4. The molecule has 6 nitrogen and oxygen atoms in total. The van der Waals surface area contributed by atoms with Crippen LogP contribution in [0.1, 0.15) is 12.5 Å². The quantitative estimate of drug-likeness (QED) is 0.833. The Balaban J connectivity index is 3.03. The van der Waals surface area contributed by atoms with Gasteiger partial charge in [-0.3, -0.25) is 14.4 Å². The molecule has 1 aromatic heterocycles. The van der Waals surface area contributed by atoms with Crippen molar-refractivity contribution in [3.05, 3.63) is 33.2 Å². The second-order valence-corrected chi connectivity index (χ2v) is 4.45. The molecule has 1 unspecified atom stereocenters. The van der Waals surface area contributed by atoms with E-state index in [0.717, 1.165) is 0 Å². The molecule has 1 rings (SSSR count). The van der Waals surface area contributed by atoms with Crippen molar-refractivity contribution in [2.24, 2.45) is 5.73 Å². The summed E-state index contributed by atoms with van der Waals surface area (Å²) in [5, 5.41) is -0.694. The van der Waals surface area contributed by atoms with Crippen LogP contribution in [0.15, 0.2) is 17.1 Å². The summed E-state index contributed by atoms with van der Waals surface area (Å²) in [7, 11) is 0. The number of carbonyl (C=O) groups is 2. The van der Waals surface area contributed by atoms with Crippen LogP contribution in [0.3, 0.4) is 0 Å². The van der Waals surface area contributed by atoms with Gasteiger partial charge in [0.2, 0.25) is 0 Å². The first-order valence-electron chi connectivity index (χ1n) is 5.48. The predicted molar refractivity (Wildman–Crippen MR) is 65.5 cm³/mol. The summed E-state index contributed by atoms with van der Waals surface area (Å²) in [6.07, 6.45) is -5.57. The summed E-state index contributed by atoms with van der Waals surface area (Å²) in [4.78, 5) is 33.7. The van der Waals surface area contributed by atoms with Crippen LogP contribution in [-0.2, 0) is 27.0 Å². The molecular formula is C11H10ClF3N2O4. The van der Waals surface area contributed by atoms with Crippen molar-refractivity contribution in [3.63, 3.8) is 0 Å². The fourth-order valence-electron chi connectivity index (χ4n) is 1.30. The summed E-state index contributed by atoms with van der Waals surface area (Å²) in [6.45, 7) is 0.349. The average molecular weight is 327 g/mol. The van der Waals surface area contributed by atoms with Gasteiger partial charge in [0.15, 0.2) is 6.10 Å². The Kier molecular flexibility index (Phi) is 5.00. The van der Waals surface area contributed by atoms with Gasteiger partial charge in [-0.15, -0.1) is 0 Å². The number of amides is 1. The van der Waals surface area contributed by atoms with E-state index in [0.29, 0.717) is 16.8 Å². The molecule has 0 saturated carbocycles. The molecule has 0 fully saturated rings. The van der Waals surface area contributed by atoms with E-state index in [1.807, 2.05) is 0 Å². The van der Waals surface area contributed by atoms with Gasteiger partial charge in [0, 0.05) is 6.20 Å². The third-order valence-corrected chi connectivity index (χ3v) is 2.65. The fourth-order valence-corrected chi connectivity index (χ4v) is 1.53. The van der Waals surface area contributed by atoms with Gasteiger partial charge in [0.25, 0.3) is 11.5 Å². The summed E-state index contributed by atoms with van der Waals surface area (Å²) in [5.41, 5.74) is 2.67. The van der Waals surface area contributed by atoms with Crippen LogP contribution in [0.4, 0.5) is 13.2 Å². The minimum absolute atomic E-state index is 0.435. The number of nitrogens with two attached hydrogens (primary N) is 1. The number of hydrogen-bond donors (Lipinski definition) is 1. The van der Waals surface area contributed by atoms with Crippen LogP contribution in [0.25, 0.3) is 0 Å². The summed E-state index contributed by atoms with van der Waals surface area (Å²) >= 11 is 5.41. The van der Waals surface area contributed by atoms with E-state index < -0.39 is 46.8 Å². The number of aromatic nitrogens is 1. The van der Waals surface area contributed by atoms with Crippen LogP contribution in [-0.4, -0.2) is 22.5 Å². The normalized spacial score (nSPS) is 12.8. The highest BCUT2D eigenvalue weighted by Crippen LogP contribution is 2.29. The molecule has 0 radical (unpaired) electrons. The Labute approximate surface area is 121 Å².